The van der Waals surface area contributed by atoms with Crippen molar-refractivity contribution in [3.05, 3.63) is 48.6 Å². The smallest absolute Gasteiger partial charge is 0.230 e. The van der Waals surface area contributed by atoms with Gasteiger partial charge in [0.25, 0.3) is 0 Å². The molecule has 0 radical (unpaired) electrons. The Labute approximate surface area is 177 Å². The highest BCUT2D eigenvalue weighted by molar-refractivity contribution is 7.99. The van der Waals surface area contributed by atoms with Gasteiger partial charge in [-0.1, -0.05) is 36.1 Å². The normalized spacial score (nSPS) is 15.5. The second-order valence-electron chi connectivity index (χ2n) is 6.78. The molecular weight excluding hydrogens is 382 g/mol. The predicted molar refractivity (Wildman–Crippen MR) is 120 cm³/mol. The van der Waals surface area contributed by atoms with Crippen LogP contribution in [0.3, 0.4) is 0 Å². The summed E-state index contributed by atoms with van der Waals surface area (Å²) in [5.41, 5.74) is 2.24. The fraction of sp³-hybridized carbons (Fsp3) is 0.409. The summed E-state index contributed by atoms with van der Waals surface area (Å²) in [6.45, 7) is 9.10. The van der Waals surface area contributed by atoms with Crippen molar-refractivity contribution in [3.8, 4) is 11.4 Å². The van der Waals surface area contributed by atoms with Gasteiger partial charge in [0.05, 0.1) is 11.8 Å². The molecule has 2 aromatic rings. The number of hydrogen-bond donors (Lipinski definition) is 1. The molecule has 0 aliphatic heterocycles. The van der Waals surface area contributed by atoms with E-state index in [9.17, 15) is 4.79 Å². The van der Waals surface area contributed by atoms with Crippen LogP contribution in [0.15, 0.2) is 53.7 Å². The average Bonchev–Trinajstić information content (AvgIpc) is 3.17. The maximum absolute atomic E-state index is 12.3. The fourth-order valence-electron chi connectivity index (χ4n) is 3.37. The number of allylic oxidation sites excluding steroid dienone is 2. The Morgan fingerprint density at radius 3 is 2.55 bits per heavy atom. The van der Waals surface area contributed by atoms with Crippen LogP contribution in [0, 0.1) is 0 Å². The van der Waals surface area contributed by atoms with Gasteiger partial charge in [0.1, 0.15) is 0 Å². The maximum atomic E-state index is 12.3. The zero-order chi connectivity index (χ0) is 20.6. The van der Waals surface area contributed by atoms with E-state index in [4.69, 9.17) is 0 Å². The van der Waals surface area contributed by atoms with Crippen molar-refractivity contribution >= 4 is 23.4 Å². The van der Waals surface area contributed by atoms with E-state index in [2.05, 4.69) is 76.1 Å². The minimum Gasteiger partial charge on any atom is -0.372 e. The fourth-order valence-corrected chi connectivity index (χ4v) is 4.18. The first-order chi connectivity index (χ1) is 14.2. The Balaban J connectivity index is 1.66. The van der Waals surface area contributed by atoms with E-state index in [-0.39, 0.29) is 11.9 Å². The molecule has 1 aliphatic rings. The van der Waals surface area contributed by atoms with Gasteiger partial charge in [0, 0.05) is 30.9 Å². The van der Waals surface area contributed by atoms with Crippen LogP contribution < -0.4 is 10.2 Å². The van der Waals surface area contributed by atoms with Crippen molar-refractivity contribution in [1.29, 1.82) is 0 Å². The highest BCUT2D eigenvalue weighted by Crippen LogP contribution is 2.26. The topological polar surface area (TPSA) is 63.1 Å². The van der Waals surface area contributed by atoms with E-state index in [0.29, 0.717) is 5.75 Å². The third-order valence-corrected chi connectivity index (χ3v) is 5.91. The maximum Gasteiger partial charge on any atom is 0.230 e. The molecular formula is C22H29N5OS. The Kier molecular flexibility index (Phi) is 7.52. The molecule has 1 aromatic heterocycles. The molecule has 1 N–H and O–H groups in total. The van der Waals surface area contributed by atoms with E-state index in [1.165, 1.54) is 17.4 Å². The molecule has 1 amide bonds. The molecule has 154 valence electrons. The molecule has 1 unspecified atom stereocenters. The minimum absolute atomic E-state index is 0.00993. The molecule has 1 aliphatic carbocycles. The summed E-state index contributed by atoms with van der Waals surface area (Å²) in [6.07, 6.45) is 8.87. The summed E-state index contributed by atoms with van der Waals surface area (Å²) >= 11 is 1.43. The zero-order valence-corrected chi connectivity index (χ0v) is 18.2. The molecule has 7 heteroatoms. The van der Waals surface area contributed by atoms with E-state index >= 15 is 0 Å². The molecule has 0 saturated carbocycles. The second kappa shape index (κ2) is 10.3. The Hall–Kier alpha value is -2.54. The molecule has 1 atom stereocenters. The third-order valence-electron chi connectivity index (χ3n) is 4.95. The molecule has 1 heterocycles. The lowest BCUT2D eigenvalue weighted by Crippen LogP contribution is -2.34. The van der Waals surface area contributed by atoms with Gasteiger partial charge in [-0.3, -0.25) is 4.79 Å². The van der Waals surface area contributed by atoms with Crippen molar-refractivity contribution in [2.75, 3.05) is 23.7 Å². The Morgan fingerprint density at radius 2 is 1.93 bits per heavy atom. The van der Waals surface area contributed by atoms with Crippen molar-refractivity contribution in [3.63, 3.8) is 0 Å². The van der Waals surface area contributed by atoms with Crippen LogP contribution in [-0.2, 0) is 11.3 Å². The molecule has 1 aromatic carbocycles. The summed E-state index contributed by atoms with van der Waals surface area (Å²) in [5, 5.41) is 12.5. The lowest BCUT2D eigenvalue weighted by atomic mass is 10.1. The second-order valence-corrected chi connectivity index (χ2v) is 7.72. The van der Waals surface area contributed by atoms with Crippen LogP contribution in [0.4, 0.5) is 5.69 Å². The van der Waals surface area contributed by atoms with Crippen LogP contribution in [0.5, 0.6) is 0 Å². The molecule has 0 bridgehead atoms. The number of nitrogens with zero attached hydrogens (tertiary/aromatic N) is 4. The standard InChI is InChI=1S/C22H29N5OS/c1-4-26(5-2)19-14-12-17(13-15-19)21-24-25-22(27(21)6-3)29-16-20(28)23-18-10-8-7-9-11-18/h7-10,12-15,18H,4-6,11,16H2,1-3H3,(H,23,28). The predicted octanol–water partition coefficient (Wildman–Crippen LogP) is 3.90. The number of carbonyl (C=O) groups is 1. The van der Waals surface area contributed by atoms with Crippen molar-refractivity contribution in [2.45, 2.75) is 44.9 Å². The van der Waals surface area contributed by atoms with Gasteiger partial charge in [-0.2, -0.15) is 0 Å². The SMILES string of the molecule is CCN(CC)c1ccc(-c2nnc(SCC(=O)NC3C=CC=CC3)n2CC)cc1. The number of amides is 1. The van der Waals surface area contributed by atoms with Crippen LogP contribution in [0.25, 0.3) is 11.4 Å². The molecule has 0 fully saturated rings. The quantitative estimate of drug-likeness (QED) is 0.634. The van der Waals surface area contributed by atoms with Crippen LogP contribution in [-0.4, -0.2) is 45.6 Å². The molecule has 3 rings (SSSR count). The number of thioether (sulfide) groups is 1. The first kappa shape index (κ1) is 21.2. The minimum atomic E-state index is 0.00993. The van der Waals surface area contributed by atoms with Crippen molar-refractivity contribution in [1.82, 2.24) is 20.1 Å². The van der Waals surface area contributed by atoms with Gasteiger partial charge < -0.3 is 14.8 Å². The van der Waals surface area contributed by atoms with Gasteiger partial charge in [0.2, 0.25) is 5.91 Å². The summed E-state index contributed by atoms with van der Waals surface area (Å²) in [4.78, 5) is 14.6. The zero-order valence-electron chi connectivity index (χ0n) is 17.3. The number of carbonyl (C=O) groups excluding carboxylic acids is 1. The number of rotatable bonds is 9. The van der Waals surface area contributed by atoms with Gasteiger partial charge in [-0.05, 0) is 51.5 Å². The monoisotopic (exact) mass is 411 g/mol. The Morgan fingerprint density at radius 1 is 1.17 bits per heavy atom. The van der Waals surface area contributed by atoms with Gasteiger partial charge in [0.15, 0.2) is 11.0 Å². The van der Waals surface area contributed by atoms with Crippen LogP contribution >= 0.6 is 11.8 Å². The largest absolute Gasteiger partial charge is 0.372 e. The van der Waals surface area contributed by atoms with E-state index in [0.717, 1.165) is 42.6 Å². The molecule has 0 saturated heterocycles. The number of anilines is 1. The number of aromatic nitrogens is 3. The van der Waals surface area contributed by atoms with Gasteiger partial charge >= 0.3 is 0 Å². The molecule has 29 heavy (non-hydrogen) atoms. The lowest BCUT2D eigenvalue weighted by Gasteiger charge is -2.21. The molecule has 0 spiro atoms. The first-order valence-corrected chi connectivity index (χ1v) is 11.2. The van der Waals surface area contributed by atoms with E-state index in [1.807, 2.05) is 18.2 Å². The number of hydrogen-bond acceptors (Lipinski definition) is 5. The Bertz CT molecular complexity index is 868. The van der Waals surface area contributed by atoms with E-state index in [1.54, 1.807) is 0 Å². The summed E-state index contributed by atoms with van der Waals surface area (Å²) in [6, 6.07) is 8.52. The van der Waals surface area contributed by atoms with Crippen LogP contribution in [0.1, 0.15) is 27.2 Å². The molecule has 6 nitrogen and oxygen atoms in total. The first-order valence-electron chi connectivity index (χ1n) is 10.2. The highest BCUT2D eigenvalue weighted by Gasteiger charge is 2.16. The van der Waals surface area contributed by atoms with Gasteiger partial charge in [-0.15, -0.1) is 10.2 Å². The summed E-state index contributed by atoms with van der Waals surface area (Å²) in [5.74, 6) is 1.17. The van der Waals surface area contributed by atoms with Crippen molar-refractivity contribution in [2.24, 2.45) is 0 Å². The van der Waals surface area contributed by atoms with Crippen LogP contribution in [0.2, 0.25) is 0 Å². The van der Waals surface area contributed by atoms with E-state index < -0.39 is 0 Å². The third kappa shape index (κ3) is 5.29. The lowest BCUT2D eigenvalue weighted by molar-refractivity contribution is -0.118. The summed E-state index contributed by atoms with van der Waals surface area (Å²) in [7, 11) is 0. The number of nitrogens with one attached hydrogen (secondary N) is 1. The van der Waals surface area contributed by atoms with Crippen molar-refractivity contribution < 1.29 is 4.79 Å². The highest BCUT2D eigenvalue weighted by atomic mass is 32.2. The average molecular weight is 412 g/mol. The number of benzene rings is 1. The van der Waals surface area contributed by atoms with Gasteiger partial charge in [-0.25, -0.2) is 0 Å². The summed E-state index contributed by atoms with van der Waals surface area (Å²) < 4.78 is 2.06.